The fourth-order valence-electron chi connectivity index (χ4n) is 4.88. The first-order valence-electron chi connectivity index (χ1n) is 13.4. The quantitative estimate of drug-likeness (QED) is 0.291. The van der Waals surface area contributed by atoms with Crippen LogP contribution in [-0.2, 0) is 9.59 Å². The van der Waals surface area contributed by atoms with Crippen molar-refractivity contribution < 1.29 is 14.4 Å². The first-order valence-corrected chi connectivity index (χ1v) is 14.3. The minimum absolute atomic E-state index is 0.0622. The van der Waals surface area contributed by atoms with Crippen molar-refractivity contribution in [3.05, 3.63) is 65.3 Å². The van der Waals surface area contributed by atoms with Crippen LogP contribution in [0, 0.1) is 0 Å². The Morgan fingerprint density at radius 1 is 1.18 bits per heavy atom. The van der Waals surface area contributed by atoms with Gasteiger partial charge in [0.25, 0.3) is 11.8 Å². The summed E-state index contributed by atoms with van der Waals surface area (Å²) in [6, 6.07) is 11.6. The molecule has 3 amide bonds. The van der Waals surface area contributed by atoms with E-state index in [1.165, 1.54) is 29.5 Å². The number of carbonyl (C=O) groups is 3. The van der Waals surface area contributed by atoms with Gasteiger partial charge in [-0.2, -0.15) is 0 Å². The number of carbonyl (C=O) groups excluding carboxylic acids is 3. The maximum absolute atomic E-state index is 13.0. The summed E-state index contributed by atoms with van der Waals surface area (Å²) in [6.45, 7) is 10.5. The number of nitrogens with zero attached hydrogens (tertiary/aromatic N) is 3. The maximum Gasteiger partial charge on any atom is 0.272 e. The van der Waals surface area contributed by atoms with Gasteiger partial charge in [-0.1, -0.05) is 30.0 Å². The van der Waals surface area contributed by atoms with Crippen LogP contribution in [0.1, 0.15) is 30.1 Å². The van der Waals surface area contributed by atoms with Crippen LogP contribution in [0.5, 0.6) is 0 Å². The number of likely N-dealkylation sites (N-methyl/N-ethyl adjacent to an activating group) is 1. The number of hydrogen-bond acceptors (Lipinski definition) is 7. The van der Waals surface area contributed by atoms with Gasteiger partial charge in [0.05, 0.1) is 0 Å². The van der Waals surface area contributed by atoms with Crippen molar-refractivity contribution in [2.45, 2.75) is 25.0 Å². The van der Waals surface area contributed by atoms with Gasteiger partial charge in [-0.3, -0.25) is 14.4 Å². The van der Waals surface area contributed by atoms with Crippen molar-refractivity contribution in [1.82, 2.24) is 20.0 Å². The third kappa shape index (κ3) is 6.75. The van der Waals surface area contributed by atoms with Crippen LogP contribution in [-0.4, -0.2) is 90.5 Å². The van der Waals surface area contributed by atoms with E-state index in [0.717, 1.165) is 36.1 Å². The second kappa shape index (κ2) is 13.0. The molecule has 2 aliphatic rings. The molecule has 0 aromatic heterocycles. The molecule has 2 aromatic rings. The molecular weight excluding hydrogens is 512 g/mol. The molecule has 2 aliphatic heterocycles. The minimum Gasteiger partial charge on any atom is -0.392 e. The van der Waals surface area contributed by atoms with Gasteiger partial charge in [-0.25, -0.2) is 0 Å². The van der Waals surface area contributed by atoms with E-state index in [1.54, 1.807) is 18.0 Å². The van der Waals surface area contributed by atoms with Crippen LogP contribution < -0.4 is 16.4 Å². The van der Waals surface area contributed by atoms with Gasteiger partial charge in [-0.15, -0.1) is 6.58 Å². The van der Waals surface area contributed by atoms with Crippen LogP contribution in [0.2, 0.25) is 0 Å². The monoisotopic (exact) mass is 550 g/mol. The molecule has 10 heteroatoms. The van der Waals surface area contributed by atoms with Gasteiger partial charge in [0, 0.05) is 51.0 Å². The summed E-state index contributed by atoms with van der Waals surface area (Å²) in [7, 11) is 1.65. The largest absolute Gasteiger partial charge is 0.392 e. The molecule has 0 spiro atoms. The summed E-state index contributed by atoms with van der Waals surface area (Å²) in [4.78, 5) is 43.8. The Kier molecular flexibility index (Phi) is 9.53. The summed E-state index contributed by atoms with van der Waals surface area (Å²) < 4.78 is 0. The standard InChI is InChI=1S/C29H38N6O3S/c1-4-13-33(3)28(38)25(30)29-35(5-2)27(37)24(39-29)19-32-23-11-10-20-17-22(9-8-21(20)18-23)26(36)31-12-16-34-14-6-7-15-34/h4,8-11,17-18,24,32H,1,5-7,12-16,19,30H2,2-3H3,(H,31,36)/b29-25+/t24-/m1/s1. The zero-order valence-electron chi connectivity index (χ0n) is 22.7. The topological polar surface area (TPSA) is 111 Å². The predicted molar refractivity (Wildman–Crippen MR) is 158 cm³/mol. The average molecular weight is 551 g/mol. The Labute approximate surface area is 234 Å². The highest BCUT2D eigenvalue weighted by Gasteiger charge is 2.38. The molecule has 9 nitrogen and oxygen atoms in total. The van der Waals surface area contributed by atoms with Crippen molar-refractivity contribution in [2.75, 3.05) is 58.2 Å². The Balaban J connectivity index is 1.37. The fourth-order valence-corrected chi connectivity index (χ4v) is 6.10. The molecule has 2 saturated heterocycles. The Hall–Kier alpha value is -3.50. The molecule has 0 unspecified atom stereocenters. The SMILES string of the molecule is C=CCN(C)C(=O)/C(N)=C1\S[C@H](CNc2ccc3cc(C(=O)NCCN4CCCC4)ccc3c2)C(=O)N1CC. The lowest BCUT2D eigenvalue weighted by molar-refractivity contribution is -0.127. The Morgan fingerprint density at radius 2 is 1.90 bits per heavy atom. The van der Waals surface area contributed by atoms with Crippen LogP contribution in [0.3, 0.4) is 0 Å². The van der Waals surface area contributed by atoms with E-state index >= 15 is 0 Å². The molecule has 4 rings (SSSR count). The summed E-state index contributed by atoms with van der Waals surface area (Å²) >= 11 is 1.31. The fraction of sp³-hybridized carbons (Fsp3) is 0.414. The Bertz CT molecular complexity index is 1270. The Morgan fingerprint density at radius 3 is 2.62 bits per heavy atom. The smallest absolute Gasteiger partial charge is 0.272 e. The van der Waals surface area contributed by atoms with Crippen molar-refractivity contribution in [2.24, 2.45) is 5.73 Å². The van der Waals surface area contributed by atoms with Gasteiger partial charge in [0.15, 0.2) is 0 Å². The summed E-state index contributed by atoms with van der Waals surface area (Å²) in [6.07, 6.45) is 4.11. The summed E-state index contributed by atoms with van der Waals surface area (Å²) in [5.41, 5.74) is 7.77. The van der Waals surface area contributed by atoms with Crippen molar-refractivity contribution in [3.63, 3.8) is 0 Å². The number of likely N-dealkylation sites (tertiary alicyclic amines) is 1. The second-order valence-corrected chi connectivity index (χ2v) is 11.0. The van der Waals surface area contributed by atoms with Gasteiger partial charge < -0.3 is 31.1 Å². The average Bonchev–Trinajstić information content (AvgIpc) is 3.58. The van der Waals surface area contributed by atoms with E-state index in [-0.39, 0.29) is 23.4 Å². The van der Waals surface area contributed by atoms with Crippen LogP contribution in [0.25, 0.3) is 10.8 Å². The molecule has 208 valence electrons. The van der Waals surface area contributed by atoms with Gasteiger partial charge in [0.1, 0.15) is 16.0 Å². The molecule has 4 N–H and O–H groups in total. The number of fused-ring (bicyclic) bond motifs is 1. The third-order valence-electron chi connectivity index (χ3n) is 7.07. The van der Waals surface area contributed by atoms with Crippen LogP contribution >= 0.6 is 11.8 Å². The van der Waals surface area contributed by atoms with Gasteiger partial charge in [0.2, 0.25) is 5.91 Å². The molecular formula is C29H38N6O3S. The number of thioether (sulfide) groups is 1. The molecule has 39 heavy (non-hydrogen) atoms. The first-order chi connectivity index (χ1) is 18.8. The van der Waals surface area contributed by atoms with E-state index in [4.69, 9.17) is 5.73 Å². The number of nitrogens with one attached hydrogen (secondary N) is 2. The lowest BCUT2D eigenvalue weighted by Crippen LogP contribution is -2.36. The van der Waals surface area contributed by atoms with Crippen molar-refractivity contribution in [1.29, 1.82) is 0 Å². The molecule has 2 heterocycles. The number of benzene rings is 2. The normalized spacial score (nSPS) is 18.9. The molecule has 0 bridgehead atoms. The lowest BCUT2D eigenvalue weighted by atomic mass is 10.1. The van der Waals surface area contributed by atoms with Crippen LogP contribution in [0.15, 0.2) is 59.8 Å². The summed E-state index contributed by atoms with van der Waals surface area (Å²) in [5, 5.41) is 8.44. The molecule has 0 radical (unpaired) electrons. The van der Waals surface area contributed by atoms with E-state index < -0.39 is 5.25 Å². The number of hydrogen-bond donors (Lipinski definition) is 3. The molecule has 2 aromatic carbocycles. The highest BCUT2D eigenvalue weighted by molar-refractivity contribution is 8.04. The number of anilines is 1. The summed E-state index contributed by atoms with van der Waals surface area (Å²) in [5.74, 6) is -0.465. The van der Waals surface area contributed by atoms with Crippen LogP contribution in [0.4, 0.5) is 5.69 Å². The van der Waals surface area contributed by atoms with Crippen molar-refractivity contribution >= 4 is 45.9 Å². The maximum atomic E-state index is 13.0. The number of rotatable bonds is 11. The molecule has 0 aliphatic carbocycles. The van der Waals surface area contributed by atoms with E-state index in [1.807, 2.05) is 43.3 Å². The zero-order chi connectivity index (χ0) is 27.9. The predicted octanol–water partition coefficient (Wildman–Crippen LogP) is 2.81. The zero-order valence-corrected chi connectivity index (χ0v) is 23.6. The molecule has 2 fully saturated rings. The first kappa shape index (κ1) is 28.5. The van der Waals surface area contributed by atoms with Gasteiger partial charge in [-0.05, 0) is 67.9 Å². The highest BCUT2D eigenvalue weighted by atomic mass is 32.2. The van der Waals surface area contributed by atoms with Crippen molar-refractivity contribution in [3.8, 4) is 0 Å². The number of amides is 3. The molecule has 1 atom stereocenters. The van der Waals surface area contributed by atoms with E-state index in [0.29, 0.717) is 36.8 Å². The third-order valence-corrected chi connectivity index (χ3v) is 8.39. The lowest BCUT2D eigenvalue weighted by Gasteiger charge is -2.19. The minimum atomic E-state index is -0.404. The number of nitrogens with two attached hydrogens (primary N) is 1. The van der Waals surface area contributed by atoms with E-state index in [2.05, 4.69) is 22.1 Å². The van der Waals surface area contributed by atoms with E-state index in [9.17, 15) is 14.4 Å². The molecule has 0 saturated carbocycles. The highest BCUT2D eigenvalue weighted by Crippen LogP contribution is 2.36. The second-order valence-electron chi connectivity index (χ2n) is 9.84. The van der Waals surface area contributed by atoms with Gasteiger partial charge >= 0.3 is 0 Å².